The molecule has 188 valence electrons. The Morgan fingerprint density at radius 2 is 1.89 bits per heavy atom. The van der Waals surface area contributed by atoms with Gasteiger partial charge in [-0.3, -0.25) is 14.2 Å². The Bertz CT molecular complexity index is 1140. The first kappa shape index (κ1) is 24.3. The third kappa shape index (κ3) is 5.24. The summed E-state index contributed by atoms with van der Waals surface area (Å²) >= 11 is 0. The molecule has 2 aromatic carbocycles. The minimum absolute atomic E-state index is 0.0486. The Labute approximate surface area is 207 Å². The van der Waals surface area contributed by atoms with E-state index in [0.29, 0.717) is 13.2 Å². The molecule has 0 aliphatic carbocycles. The van der Waals surface area contributed by atoms with Crippen molar-refractivity contribution in [1.29, 1.82) is 0 Å². The van der Waals surface area contributed by atoms with Gasteiger partial charge in [0.2, 0.25) is 0 Å². The molecule has 0 spiro atoms. The van der Waals surface area contributed by atoms with E-state index in [9.17, 15) is 8.78 Å². The van der Waals surface area contributed by atoms with Gasteiger partial charge in [-0.05, 0) is 69.5 Å². The van der Waals surface area contributed by atoms with Crippen molar-refractivity contribution in [1.82, 2.24) is 14.8 Å². The summed E-state index contributed by atoms with van der Waals surface area (Å²) in [5, 5.41) is 1.26. The summed E-state index contributed by atoms with van der Waals surface area (Å²) in [4.78, 5) is 8.23. The number of para-hydroxylation sites is 1. The molecule has 1 saturated heterocycles. The molecule has 3 aromatic rings. The maximum atomic E-state index is 14.9. The van der Waals surface area contributed by atoms with Crippen LogP contribution in [0.15, 0.2) is 48.5 Å². The maximum absolute atomic E-state index is 14.9. The lowest BCUT2D eigenvalue weighted by atomic mass is 9.87. The van der Waals surface area contributed by atoms with Crippen molar-refractivity contribution in [2.75, 3.05) is 39.5 Å². The summed E-state index contributed by atoms with van der Waals surface area (Å²) < 4.78 is 33.8. The third-order valence-corrected chi connectivity index (χ3v) is 7.54. The van der Waals surface area contributed by atoms with Crippen LogP contribution in [0.4, 0.5) is 8.78 Å². The van der Waals surface area contributed by atoms with Crippen LogP contribution in [-0.2, 0) is 6.42 Å². The molecule has 5 rings (SSSR count). The lowest BCUT2D eigenvalue weighted by molar-refractivity contribution is 0.0667. The number of hydrogen-bond donors (Lipinski definition) is 1. The Balaban J connectivity index is 1.37. The van der Waals surface area contributed by atoms with Crippen LogP contribution in [-0.4, -0.2) is 66.0 Å². The second-order valence-corrected chi connectivity index (χ2v) is 10.9. The zero-order valence-electron chi connectivity index (χ0n) is 21.1. The fourth-order valence-corrected chi connectivity index (χ4v) is 5.83. The number of benzene rings is 2. The fraction of sp³-hybridized carbons (Fsp3) is 0.517. The molecule has 6 heteroatoms. The van der Waals surface area contributed by atoms with Gasteiger partial charge >= 0.3 is 0 Å². The zero-order valence-corrected chi connectivity index (χ0v) is 21.1. The molecule has 35 heavy (non-hydrogen) atoms. The number of hydrogen-bond acceptors (Lipinski definition) is 3. The van der Waals surface area contributed by atoms with Gasteiger partial charge in [-0.15, -0.1) is 0 Å². The predicted octanol–water partition coefficient (Wildman–Crippen LogP) is 5.92. The van der Waals surface area contributed by atoms with Crippen LogP contribution < -0.4 is 4.74 Å². The monoisotopic (exact) mass is 481 g/mol. The number of nitrogens with one attached hydrogen (secondary N) is 1. The zero-order chi connectivity index (χ0) is 24.6. The Kier molecular flexibility index (Phi) is 6.86. The van der Waals surface area contributed by atoms with Crippen LogP contribution in [0.2, 0.25) is 0 Å². The van der Waals surface area contributed by atoms with Gasteiger partial charge in [0.15, 0.2) is 0 Å². The number of alkyl halides is 2. The van der Waals surface area contributed by atoms with Crippen LogP contribution in [0, 0.1) is 5.92 Å². The number of nitrogens with zero attached hydrogens (tertiary/aromatic N) is 2. The molecule has 1 aromatic heterocycles. The summed E-state index contributed by atoms with van der Waals surface area (Å²) in [6.45, 7) is 8.83. The first-order valence-corrected chi connectivity index (χ1v) is 12.9. The number of H-pyrrole nitrogens is 1. The lowest BCUT2D eigenvalue weighted by Gasteiger charge is -2.43. The van der Waals surface area contributed by atoms with E-state index in [2.05, 4.69) is 58.1 Å². The molecule has 1 N–H and O–H groups in total. The summed E-state index contributed by atoms with van der Waals surface area (Å²) in [6.07, 6.45) is 1.83. The first-order chi connectivity index (χ1) is 16.8. The third-order valence-electron chi connectivity index (χ3n) is 7.54. The van der Waals surface area contributed by atoms with Gasteiger partial charge in [-0.25, -0.2) is 4.39 Å². The van der Waals surface area contributed by atoms with E-state index < -0.39 is 5.67 Å². The smallest absolute Gasteiger partial charge is 0.119 e. The molecule has 4 nitrogen and oxygen atoms in total. The number of fused-ring (bicyclic) bond motifs is 3. The van der Waals surface area contributed by atoms with Gasteiger partial charge in [0.1, 0.15) is 18.0 Å². The molecular weight excluding hydrogens is 444 g/mol. The second-order valence-electron chi connectivity index (χ2n) is 10.9. The Morgan fingerprint density at radius 1 is 1.11 bits per heavy atom. The van der Waals surface area contributed by atoms with Crippen LogP contribution in [0.5, 0.6) is 5.75 Å². The molecule has 0 unspecified atom stereocenters. The van der Waals surface area contributed by atoms with Gasteiger partial charge in [-0.2, -0.15) is 0 Å². The van der Waals surface area contributed by atoms with Crippen LogP contribution in [0.1, 0.15) is 50.1 Å². The minimum Gasteiger partial charge on any atom is -0.492 e. The summed E-state index contributed by atoms with van der Waals surface area (Å²) in [7, 11) is 0. The van der Waals surface area contributed by atoms with Gasteiger partial charge in [0.05, 0.1) is 12.7 Å². The maximum Gasteiger partial charge on any atom is 0.119 e. The standard InChI is InChI=1S/C29H37F2N3O/c1-20-16-25-24-6-4-5-7-26(24)32-27(25)28(34(20)19-29(2,3)31)22-8-10-23(11-9-22)35-15-14-33-13-12-21(17-30)18-33/h4-11,20-21,28,32H,12-19H2,1-3H3/t20-,21+,28-/m1/s1. The summed E-state index contributed by atoms with van der Waals surface area (Å²) in [5.41, 5.74) is 3.47. The molecule has 2 aliphatic rings. The summed E-state index contributed by atoms with van der Waals surface area (Å²) in [5.74, 6) is 1.01. The highest BCUT2D eigenvalue weighted by Crippen LogP contribution is 2.41. The van der Waals surface area contributed by atoms with E-state index in [-0.39, 0.29) is 24.7 Å². The van der Waals surface area contributed by atoms with E-state index in [1.165, 1.54) is 16.6 Å². The highest BCUT2D eigenvalue weighted by Gasteiger charge is 2.38. The first-order valence-electron chi connectivity index (χ1n) is 12.9. The average Bonchev–Trinajstić information content (AvgIpc) is 3.44. The quantitative estimate of drug-likeness (QED) is 0.433. The fourth-order valence-electron chi connectivity index (χ4n) is 5.83. The topological polar surface area (TPSA) is 31.5 Å². The number of halogens is 2. The Hall–Kier alpha value is -2.44. The SMILES string of the molecule is C[C@@H]1Cc2c([nH]c3ccccc23)[C@@H](c2ccc(OCCN3CC[C@@H](CF)C3)cc2)N1CC(C)(C)F. The number of likely N-dealkylation sites (tertiary alicyclic amines) is 1. The largest absolute Gasteiger partial charge is 0.492 e. The number of ether oxygens (including phenoxy) is 1. The van der Waals surface area contributed by atoms with Crippen LogP contribution in [0.25, 0.3) is 10.9 Å². The molecule has 0 amide bonds. The molecule has 0 bridgehead atoms. The van der Waals surface area contributed by atoms with Crippen molar-refractivity contribution in [3.8, 4) is 5.75 Å². The Morgan fingerprint density at radius 3 is 2.60 bits per heavy atom. The van der Waals surface area contributed by atoms with E-state index in [0.717, 1.165) is 49.3 Å². The lowest BCUT2D eigenvalue weighted by Crippen LogP contribution is -2.47. The summed E-state index contributed by atoms with van der Waals surface area (Å²) in [6, 6.07) is 16.9. The van der Waals surface area contributed by atoms with Gasteiger partial charge in [0.25, 0.3) is 0 Å². The predicted molar refractivity (Wildman–Crippen MR) is 138 cm³/mol. The second kappa shape index (κ2) is 9.90. The van der Waals surface area contributed by atoms with Crippen molar-refractivity contribution in [2.24, 2.45) is 5.92 Å². The molecule has 2 aliphatic heterocycles. The number of aromatic amines is 1. The highest BCUT2D eigenvalue weighted by atomic mass is 19.1. The van der Waals surface area contributed by atoms with E-state index in [4.69, 9.17) is 4.74 Å². The highest BCUT2D eigenvalue weighted by molar-refractivity contribution is 5.85. The van der Waals surface area contributed by atoms with E-state index in [1.807, 2.05) is 12.1 Å². The average molecular weight is 482 g/mol. The molecule has 0 saturated carbocycles. The van der Waals surface area contributed by atoms with Crippen molar-refractivity contribution in [3.05, 3.63) is 65.4 Å². The molecule has 0 radical (unpaired) electrons. The van der Waals surface area contributed by atoms with Crippen molar-refractivity contribution in [3.63, 3.8) is 0 Å². The van der Waals surface area contributed by atoms with Crippen LogP contribution in [0.3, 0.4) is 0 Å². The molecular formula is C29H37F2N3O. The van der Waals surface area contributed by atoms with Crippen LogP contribution >= 0.6 is 0 Å². The number of rotatable bonds is 8. The molecule has 3 atom stereocenters. The van der Waals surface area contributed by atoms with Crippen molar-refractivity contribution >= 4 is 10.9 Å². The minimum atomic E-state index is -1.30. The van der Waals surface area contributed by atoms with E-state index in [1.54, 1.807) is 13.8 Å². The van der Waals surface area contributed by atoms with Gasteiger partial charge < -0.3 is 9.72 Å². The van der Waals surface area contributed by atoms with Crippen molar-refractivity contribution in [2.45, 2.75) is 51.4 Å². The van der Waals surface area contributed by atoms with E-state index >= 15 is 0 Å². The normalized spacial score (nSPS) is 23.6. The molecule has 1 fully saturated rings. The molecule has 3 heterocycles. The van der Waals surface area contributed by atoms with Crippen molar-refractivity contribution < 1.29 is 13.5 Å². The van der Waals surface area contributed by atoms with Gasteiger partial charge in [-0.1, -0.05) is 30.3 Å². The number of aromatic nitrogens is 1. The van der Waals surface area contributed by atoms with Gasteiger partial charge in [0, 0.05) is 48.2 Å².